The van der Waals surface area contributed by atoms with Crippen LogP contribution in [0.3, 0.4) is 0 Å². The van der Waals surface area contributed by atoms with Crippen molar-refractivity contribution in [3.05, 3.63) is 70.5 Å². The van der Waals surface area contributed by atoms with Crippen LogP contribution in [0, 0.1) is 23.4 Å². The first-order chi connectivity index (χ1) is 12.8. The van der Waals surface area contributed by atoms with Crippen molar-refractivity contribution in [3.8, 4) is 0 Å². The minimum absolute atomic E-state index is 0.000644. The number of halogens is 3. The Morgan fingerprint density at radius 1 is 1.19 bits per heavy atom. The minimum atomic E-state index is -0.963. The third-order valence-electron chi connectivity index (χ3n) is 4.94. The smallest absolute Gasteiger partial charge is 0.241 e. The fourth-order valence-corrected chi connectivity index (χ4v) is 5.54. The highest BCUT2D eigenvalue weighted by Gasteiger charge is 2.51. The molecule has 2 unspecified atom stereocenters. The Balaban J connectivity index is 1.88. The van der Waals surface area contributed by atoms with E-state index in [0.717, 1.165) is 30.2 Å². The summed E-state index contributed by atoms with van der Waals surface area (Å²) in [6.07, 6.45) is 1.30. The summed E-state index contributed by atoms with van der Waals surface area (Å²) in [5.41, 5.74) is 1.60. The Bertz CT molecular complexity index is 978. The third-order valence-corrected chi connectivity index (χ3v) is 6.33. The molecule has 4 rings (SSSR count). The quantitative estimate of drug-likeness (QED) is 0.701. The number of nitrogens with zero attached hydrogens (tertiary/aromatic N) is 2. The highest BCUT2D eigenvalue weighted by molar-refractivity contribution is 8.15. The highest BCUT2D eigenvalue weighted by atomic mass is 32.2. The summed E-state index contributed by atoms with van der Waals surface area (Å²) >= 11 is 1.18. The highest BCUT2D eigenvalue weighted by Crippen LogP contribution is 2.55. The Kier molecular flexibility index (Phi) is 4.29. The number of thioether (sulfide) groups is 1. The first-order valence-electron chi connectivity index (χ1n) is 8.63. The van der Waals surface area contributed by atoms with Crippen molar-refractivity contribution in [1.29, 1.82) is 0 Å². The van der Waals surface area contributed by atoms with E-state index in [4.69, 9.17) is 0 Å². The average molecular weight is 390 g/mol. The Morgan fingerprint density at radius 2 is 1.89 bits per heavy atom. The molecule has 1 aliphatic heterocycles. The van der Waals surface area contributed by atoms with E-state index in [-0.39, 0.29) is 22.4 Å². The summed E-state index contributed by atoms with van der Waals surface area (Å²) in [5.74, 6) is -1.74. The van der Waals surface area contributed by atoms with Gasteiger partial charge in [-0.25, -0.2) is 18.2 Å². The normalized spacial score (nSPS) is 24.1. The molecule has 27 heavy (non-hydrogen) atoms. The first-order valence-corrected chi connectivity index (χ1v) is 9.44. The van der Waals surface area contributed by atoms with Gasteiger partial charge in [0.15, 0.2) is 0 Å². The summed E-state index contributed by atoms with van der Waals surface area (Å²) in [6, 6.07) is 7.68. The van der Waals surface area contributed by atoms with E-state index >= 15 is 0 Å². The average Bonchev–Trinajstić information content (AvgIpc) is 2.97. The van der Waals surface area contributed by atoms with Crippen LogP contribution in [-0.2, 0) is 16.1 Å². The number of amides is 1. The van der Waals surface area contributed by atoms with Gasteiger partial charge in [0, 0.05) is 12.5 Å². The minimum Gasteiger partial charge on any atom is -0.273 e. The lowest BCUT2D eigenvalue weighted by Gasteiger charge is -2.42. The molecule has 2 aliphatic rings. The van der Waals surface area contributed by atoms with Crippen LogP contribution in [-0.4, -0.2) is 16.0 Å². The molecule has 0 aromatic heterocycles. The second-order valence-electron chi connectivity index (χ2n) is 7.06. The summed E-state index contributed by atoms with van der Waals surface area (Å²) in [7, 11) is 0. The number of benzene rings is 2. The van der Waals surface area contributed by atoms with Gasteiger partial charge in [-0.3, -0.25) is 4.79 Å². The monoisotopic (exact) mass is 390 g/mol. The molecule has 140 valence electrons. The second kappa shape index (κ2) is 6.41. The van der Waals surface area contributed by atoms with E-state index in [2.05, 4.69) is 5.10 Å². The number of fused-ring (bicyclic) bond motifs is 2. The lowest BCUT2D eigenvalue weighted by molar-refractivity contribution is -0.132. The van der Waals surface area contributed by atoms with Gasteiger partial charge in [-0.2, -0.15) is 5.10 Å². The molecule has 2 aromatic carbocycles. The molecule has 1 heterocycles. The van der Waals surface area contributed by atoms with Gasteiger partial charge in [0.2, 0.25) is 5.91 Å². The molecule has 0 saturated carbocycles. The molecule has 1 spiro atoms. The number of hydrazone groups is 1. The number of rotatable bonds is 1. The Morgan fingerprint density at radius 3 is 2.63 bits per heavy atom. The maximum Gasteiger partial charge on any atom is 0.241 e. The Labute approximate surface area is 159 Å². The summed E-state index contributed by atoms with van der Waals surface area (Å²) in [4.78, 5) is 11.4. The van der Waals surface area contributed by atoms with Crippen LogP contribution in [0.25, 0.3) is 0 Å². The molecular weight excluding hydrogens is 373 g/mol. The summed E-state index contributed by atoms with van der Waals surface area (Å²) in [6.45, 7) is 3.42. The molecule has 0 radical (unpaired) electrons. The zero-order valence-corrected chi connectivity index (χ0v) is 15.6. The van der Waals surface area contributed by atoms with Crippen molar-refractivity contribution < 1.29 is 18.0 Å². The van der Waals surface area contributed by atoms with E-state index in [1.54, 1.807) is 6.07 Å². The SMILES string of the molecule is CC(=O)N1N=C(c2cc(F)ccc2F)SC12CC(C)Cc1ccc(F)cc12. The van der Waals surface area contributed by atoms with Crippen LogP contribution in [0.1, 0.15) is 37.0 Å². The van der Waals surface area contributed by atoms with Crippen LogP contribution in [0.5, 0.6) is 0 Å². The van der Waals surface area contributed by atoms with E-state index < -0.39 is 22.3 Å². The van der Waals surface area contributed by atoms with Gasteiger partial charge in [-0.05, 0) is 60.2 Å². The van der Waals surface area contributed by atoms with Crippen molar-refractivity contribution in [2.45, 2.75) is 31.6 Å². The standard InChI is InChI=1S/C20H17F3N2OS/c1-11-7-13-3-4-15(22)9-17(13)20(10-11)25(12(2)26)24-19(27-20)16-8-14(21)5-6-18(16)23/h3-6,8-9,11H,7,10H2,1-2H3. The van der Waals surface area contributed by atoms with Crippen LogP contribution in [0.2, 0.25) is 0 Å². The van der Waals surface area contributed by atoms with Crippen LogP contribution in [0.4, 0.5) is 13.2 Å². The fourth-order valence-electron chi connectivity index (χ4n) is 3.91. The second-order valence-corrected chi connectivity index (χ2v) is 8.33. The molecule has 1 amide bonds. The van der Waals surface area contributed by atoms with Crippen molar-refractivity contribution in [1.82, 2.24) is 5.01 Å². The van der Waals surface area contributed by atoms with Gasteiger partial charge < -0.3 is 0 Å². The van der Waals surface area contributed by atoms with Crippen molar-refractivity contribution in [2.24, 2.45) is 11.0 Å². The van der Waals surface area contributed by atoms with Crippen molar-refractivity contribution >= 4 is 22.7 Å². The largest absolute Gasteiger partial charge is 0.273 e. The van der Waals surface area contributed by atoms with E-state index in [1.807, 2.05) is 6.92 Å². The molecule has 2 aromatic rings. The lowest BCUT2D eigenvalue weighted by Crippen LogP contribution is -2.44. The van der Waals surface area contributed by atoms with E-state index in [9.17, 15) is 18.0 Å². The zero-order valence-electron chi connectivity index (χ0n) is 14.8. The van der Waals surface area contributed by atoms with Gasteiger partial charge in [0.05, 0.1) is 0 Å². The van der Waals surface area contributed by atoms with Crippen LogP contribution in [0.15, 0.2) is 41.5 Å². The molecule has 1 aliphatic carbocycles. The predicted molar refractivity (Wildman–Crippen MR) is 98.6 cm³/mol. The fraction of sp³-hybridized carbons (Fsp3) is 0.300. The molecular formula is C20H17F3N2OS. The van der Waals surface area contributed by atoms with Gasteiger partial charge in [0.1, 0.15) is 27.4 Å². The number of carbonyl (C=O) groups excluding carboxylic acids is 1. The van der Waals surface area contributed by atoms with Crippen molar-refractivity contribution in [3.63, 3.8) is 0 Å². The molecule has 2 atom stereocenters. The third kappa shape index (κ3) is 2.94. The van der Waals surface area contributed by atoms with E-state index in [1.165, 1.54) is 35.8 Å². The number of hydrogen-bond acceptors (Lipinski definition) is 3. The van der Waals surface area contributed by atoms with Gasteiger partial charge in [-0.1, -0.05) is 24.8 Å². The predicted octanol–water partition coefficient (Wildman–Crippen LogP) is 4.80. The lowest BCUT2D eigenvalue weighted by atomic mass is 9.80. The molecule has 0 N–H and O–H groups in total. The number of carbonyl (C=O) groups is 1. The first kappa shape index (κ1) is 18.1. The number of hydrogen-bond donors (Lipinski definition) is 0. The molecule has 7 heteroatoms. The summed E-state index contributed by atoms with van der Waals surface area (Å²) in [5, 5.41) is 5.85. The van der Waals surface area contributed by atoms with Gasteiger partial charge in [0.25, 0.3) is 0 Å². The zero-order chi connectivity index (χ0) is 19.3. The van der Waals surface area contributed by atoms with Crippen molar-refractivity contribution in [2.75, 3.05) is 0 Å². The Hall–Kier alpha value is -2.28. The molecule has 3 nitrogen and oxygen atoms in total. The van der Waals surface area contributed by atoms with E-state index in [0.29, 0.717) is 12.0 Å². The topological polar surface area (TPSA) is 32.7 Å². The summed E-state index contributed by atoms with van der Waals surface area (Å²) < 4.78 is 42.0. The maximum absolute atomic E-state index is 14.3. The molecule has 0 bridgehead atoms. The van der Waals surface area contributed by atoms with Crippen LogP contribution >= 0.6 is 11.8 Å². The maximum atomic E-state index is 14.3. The van der Waals surface area contributed by atoms with Gasteiger partial charge in [-0.15, -0.1) is 0 Å². The molecule has 0 saturated heterocycles. The molecule has 0 fully saturated rings. The van der Waals surface area contributed by atoms with Gasteiger partial charge >= 0.3 is 0 Å². The van der Waals surface area contributed by atoms with Crippen LogP contribution < -0.4 is 0 Å².